The van der Waals surface area contributed by atoms with Crippen LogP contribution in [0, 0.1) is 0 Å². The van der Waals surface area contributed by atoms with Crippen molar-refractivity contribution in [3.8, 4) is 5.75 Å². The lowest BCUT2D eigenvalue weighted by molar-refractivity contribution is 0.0963. The second kappa shape index (κ2) is 10.5. The van der Waals surface area contributed by atoms with Crippen molar-refractivity contribution >= 4 is 17.6 Å². The average molecular weight is 410 g/mol. The monoisotopic (exact) mass is 409 g/mol. The molecule has 1 fully saturated rings. The Labute approximate surface area is 178 Å². The first kappa shape index (κ1) is 21.5. The second-order valence-corrected chi connectivity index (χ2v) is 7.18. The van der Waals surface area contributed by atoms with Crippen LogP contribution in [0.3, 0.4) is 0 Å². The number of guanidine groups is 1. The number of hydrogen-bond donors (Lipinski definition) is 2. The molecule has 0 atom stereocenters. The first-order valence-corrected chi connectivity index (χ1v) is 10.3. The fourth-order valence-corrected chi connectivity index (χ4v) is 3.65. The van der Waals surface area contributed by atoms with Crippen LogP contribution in [-0.4, -0.2) is 70.7 Å². The summed E-state index contributed by atoms with van der Waals surface area (Å²) >= 11 is 0. The maximum Gasteiger partial charge on any atom is 0.251 e. The van der Waals surface area contributed by atoms with Crippen molar-refractivity contribution < 1.29 is 9.53 Å². The number of nitrogens with zero attached hydrogens (tertiary/aromatic N) is 3. The van der Waals surface area contributed by atoms with Gasteiger partial charge in [0.05, 0.1) is 7.11 Å². The zero-order chi connectivity index (χ0) is 21.3. The molecule has 0 spiro atoms. The summed E-state index contributed by atoms with van der Waals surface area (Å²) in [6, 6.07) is 15.9. The number of amides is 1. The third-order valence-corrected chi connectivity index (χ3v) is 5.32. The zero-order valence-electron chi connectivity index (χ0n) is 18.0. The number of hydrogen-bond acceptors (Lipinski definition) is 4. The topological polar surface area (TPSA) is 69.2 Å². The molecule has 0 unspecified atom stereocenters. The largest absolute Gasteiger partial charge is 0.497 e. The van der Waals surface area contributed by atoms with Gasteiger partial charge in [-0.25, -0.2) is 0 Å². The molecular formula is C23H31N5O2. The van der Waals surface area contributed by atoms with Gasteiger partial charge in [0.15, 0.2) is 5.96 Å². The van der Waals surface area contributed by atoms with Gasteiger partial charge in [-0.1, -0.05) is 18.2 Å². The van der Waals surface area contributed by atoms with Crippen molar-refractivity contribution in [2.45, 2.75) is 6.42 Å². The average Bonchev–Trinajstić information content (AvgIpc) is 2.81. The second-order valence-electron chi connectivity index (χ2n) is 7.18. The van der Waals surface area contributed by atoms with Crippen LogP contribution in [0.2, 0.25) is 0 Å². The molecule has 0 radical (unpaired) electrons. The van der Waals surface area contributed by atoms with Gasteiger partial charge in [0.1, 0.15) is 5.75 Å². The molecule has 1 amide bonds. The van der Waals surface area contributed by atoms with Crippen LogP contribution in [0.15, 0.2) is 53.5 Å². The van der Waals surface area contributed by atoms with Crippen LogP contribution in [0.5, 0.6) is 5.75 Å². The van der Waals surface area contributed by atoms with Gasteiger partial charge in [-0.3, -0.25) is 9.79 Å². The number of rotatable bonds is 6. The summed E-state index contributed by atoms with van der Waals surface area (Å²) in [5, 5.41) is 6.13. The van der Waals surface area contributed by atoms with Gasteiger partial charge in [0.25, 0.3) is 5.91 Å². The molecule has 0 bridgehead atoms. The third-order valence-electron chi connectivity index (χ3n) is 5.32. The smallest absolute Gasteiger partial charge is 0.251 e. The molecule has 3 rings (SSSR count). The summed E-state index contributed by atoms with van der Waals surface area (Å²) in [6.07, 6.45) is 0.827. The number of nitrogens with one attached hydrogen (secondary N) is 2. The molecular weight excluding hydrogens is 378 g/mol. The fraction of sp³-hybridized carbons (Fsp3) is 0.391. The number of anilines is 1. The number of piperazine rings is 1. The number of ether oxygens (including phenoxy) is 1. The van der Waals surface area contributed by atoms with Gasteiger partial charge in [0.2, 0.25) is 0 Å². The van der Waals surface area contributed by atoms with E-state index in [-0.39, 0.29) is 5.91 Å². The highest BCUT2D eigenvalue weighted by molar-refractivity contribution is 5.94. The summed E-state index contributed by atoms with van der Waals surface area (Å²) in [6.45, 7) is 4.44. The summed E-state index contributed by atoms with van der Waals surface area (Å²) in [5.41, 5.74) is 3.00. The zero-order valence-corrected chi connectivity index (χ0v) is 18.0. The van der Waals surface area contributed by atoms with E-state index >= 15 is 0 Å². The summed E-state index contributed by atoms with van der Waals surface area (Å²) < 4.78 is 5.34. The van der Waals surface area contributed by atoms with Crippen molar-refractivity contribution in [2.24, 2.45) is 4.99 Å². The number of carbonyl (C=O) groups excluding carboxylic acids is 1. The SMILES string of the molecule is CN=C(NCCc1cccc(C(=O)NC)c1)N1CCN(c2cccc(OC)c2)CC1. The molecule has 0 aromatic heterocycles. The van der Waals surface area contributed by atoms with E-state index in [0.717, 1.165) is 56.4 Å². The minimum atomic E-state index is -0.0606. The van der Waals surface area contributed by atoms with E-state index in [1.54, 1.807) is 14.2 Å². The molecule has 30 heavy (non-hydrogen) atoms. The van der Waals surface area contributed by atoms with Crippen LogP contribution in [-0.2, 0) is 6.42 Å². The van der Waals surface area contributed by atoms with E-state index in [2.05, 4.69) is 37.6 Å². The fourth-order valence-electron chi connectivity index (χ4n) is 3.65. The van der Waals surface area contributed by atoms with Crippen molar-refractivity contribution in [3.63, 3.8) is 0 Å². The molecule has 7 heteroatoms. The first-order valence-electron chi connectivity index (χ1n) is 10.3. The van der Waals surface area contributed by atoms with Gasteiger partial charge in [-0.15, -0.1) is 0 Å². The number of aliphatic imine (C=N–C) groups is 1. The molecule has 7 nitrogen and oxygen atoms in total. The molecule has 2 aromatic carbocycles. The number of carbonyl (C=O) groups is 1. The maximum absolute atomic E-state index is 11.8. The third kappa shape index (κ3) is 5.43. The Balaban J connectivity index is 1.50. The number of benzene rings is 2. The minimum absolute atomic E-state index is 0.0606. The lowest BCUT2D eigenvalue weighted by Gasteiger charge is -2.37. The van der Waals surface area contributed by atoms with Crippen LogP contribution >= 0.6 is 0 Å². The van der Waals surface area contributed by atoms with E-state index in [1.165, 1.54) is 5.69 Å². The molecule has 0 aliphatic carbocycles. The standard InChI is InChI=1S/C23H31N5O2/c1-24-22(29)19-7-4-6-18(16-19)10-11-26-23(25-2)28-14-12-27(13-15-28)20-8-5-9-21(17-20)30-3/h4-9,16-17H,10-15H2,1-3H3,(H,24,29)(H,25,26). The van der Waals surface area contributed by atoms with Gasteiger partial charge >= 0.3 is 0 Å². The molecule has 2 aromatic rings. The van der Waals surface area contributed by atoms with E-state index in [0.29, 0.717) is 5.56 Å². The molecule has 1 saturated heterocycles. The Morgan fingerprint density at radius 3 is 2.57 bits per heavy atom. The van der Waals surface area contributed by atoms with Gasteiger partial charge in [-0.05, 0) is 36.2 Å². The van der Waals surface area contributed by atoms with Crippen molar-refractivity contribution in [1.29, 1.82) is 0 Å². The highest BCUT2D eigenvalue weighted by atomic mass is 16.5. The van der Waals surface area contributed by atoms with Gasteiger partial charge in [-0.2, -0.15) is 0 Å². The highest BCUT2D eigenvalue weighted by Gasteiger charge is 2.20. The lowest BCUT2D eigenvalue weighted by atomic mass is 10.1. The molecule has 2 N–H and O–H groups in total. The van der Waals surface area contributed by atoms with Crippen LogP contribution in [0.1, 0.15) is 15.9 Å². The Morgan fingerprint density at radius 2 is 1.87 bits per heavy atom. The Kier molecular flexibility index (Phi) is 7.54. The molecule has 1 heterocycles. The van der Waals surface area contributed by atoms with E-state index in [4.69, 9.17) is 4.74 Å². The summed E-state index contributed by atoms with van der Waals surface area (Å²) in [4.78, 5) is 20.9. The predicted molar refractivity (Wildman–Crippen MR) is 122 cm³/mol. The quantitative estimate of drug-likeness (QED) is 0.564. The highest BCUT2D eigenvalue weighted by Crippen LogP contribution is 2.22. The van der Waals surface area contributed by atoms with Crippen LogP contribution in [0.4, 0.5) is 5.69 Å². The normalized spacial score (nSPS) is 14.4. The Bertz CT molecular complexity index is 875. The van der Waals surface area contributed by atoms with Crippen molar-refractivity contribution in [2.75, 3.05) is 58.8 Å². The first-order chi connectivity index (χ1) is 14.6. The lowest BCUT2D eigenvalue weighted by Crippen LogP contribution is -2.52. The molecule has 0 saturated carbocycles. The Morgan fingerprint density at radius 1 is 1.10 bits per heavy atom. The molecule has 160 valence electrons. The summed E-state index contributed by atoms with van der Waals surface area (Å²) in [7, 11) is 5.17. The van der Waals surface area contributed by atoms with Crippen LogP contribution < -0.4 is 20.3 Å². The summed E-state index contributed by atoms with van der Waals surface area (Å²) in [5.74, 6) is 1.74. The molecule has 1 aliphatic rings. The van der Waals surface area contributed by atoms with Crippen LogP contribution in [0.25, 0.3) is 0 Å². The van der Waals surface area contributed by atoms with E-state index < -0.39 is 0 Å². The van der Waals surface area contributed by atoms with Crippen molar-refractivity contribution in [3.05, 3.63) is 59.7 Å². The minimum Gasteiger partial charge on any atom is -0.497 e. The predicted octanol–water partition coefficient (Wildman–Crippen LogP) is 1.99. The van der Waals surface area contributed by atoms with E-state index in [1.807, 2.05) is 43.4 Å². The van der Waals surface area contributed by atoms with Gasteiger partial charge < -0.3 is 25.2 Å². The number of methoxy groups -OCH3 is 1. The van der Waals surface area contributed by atoms with Crippen molar-refractivity contribution in [1.82, 2.24) is 15.5 Å². The Hall–Kier alpha value is -3.22. The van der Waals surface area contributed by atoms with Gasteiger partial charge in [0, 0.05) is 64.1 Å². The van der Waals surface area contributed by atoms with E-state index in [9.17, 15) is 4.79 Å². The maximum atomic E-state index is 11.8. The molecule has 1 aliphatic heterocycles.